The van der Waals surface area contributed by atoms with Crippen molar-refractivity contribution in [2.75, 3.05) is 6.61 Å². The van der Waals surface area contributed by atoms with E-state index in [1.54, 1.807) is 24.3 Å². The fraction of sp³-hybridized carbons (Fsp3) is 0.417. The van der Waals surface area contributed by atoms with Crippen molar-refractivity contribution in [3.8, 4) is 11.5 Å². The molecule has 0 aromatic heterocycles. The molecule has 1 aromatic rings. The van der Waals surface area contributed by atoms with Crippen LogP contribution in [0.25, 0.3) is 0 Å². The maximum atomic E-state index is 10.3. The number of para-hydroxylation sites is 2. The predicted octanol–water partition coefficient (Wildman–Crippen LogP) is 1.65. The first kappa shape index (κ1) is 13.3. The van der Waals surface area contributed by atoms with Gasteiger partial charge in [-0.2, -0.15) is 0 Å². The van der Waals surface area contributed by atoms with E-state index in [1.807, 2.05) is 0 Å². The van der Waals surface area contributed by atoms with Crippen LogP contribution in [-0.4, -0.2) is 29.1 Å². The molecular weight excluding hydrogens is 224 g/mol. The van der Waals surface area contributed by atoms with Crippen LogP contribution in [0.15, 0.2) is 24.3 Å². The van der Waals surface area contributed by atoms with Gasteiger partial charge in [-0.1, -0.05) is 12.1 Å². The second-order valence-corrected chi connectivity index (χ2v) is 3.51. The van der Waals surface area contributed by atoms with Gasteiger partial charge in [-0.25, -0.2) is 0 Å². The molecule has 0 fully saturated rings. The third kappa shape index (κ3) is 5.21. The molecule has 1 atom stereocenters. The molecule has 5 heteroatoms. The highest BCUT2D eigenvalue weighted by atomic mass is 16.6. The molecule has 0 bridgehead atoms. The van der Waals surface area contributed by atoms with Crippen LogP contribution in [0.1, 0.15) is 19.8 Å². The highest BCUT2D eigenvalue weighted by molar-refractivity contribution is 5.66. The summed E-state index contributed by atoms with van der Waals surface area (Å²) in [4.78, 5) is 10.3. The maximum absolute atomic E-state index is 10.3. The van der Waals surface area contributed by atoms with Crippen LogP contribution in [0, 0.1) is 0 Å². The first-order valence-corrected chi connectivity index (χ1v) is 5.38. The number of hydrogen-bond acceptors (Lipinski definition) is 4. The fourth-order valence-corrected chi connectivity index (χ4v) is 1.26. The van der Waals surface area contributed by atoms with Crippen LogP contribution in [0.2, 0.25) is 0 Å². The van der Waals surface area contributed by atoms with Crippen molar-refractivity contribution < 1.29 is 24.5 Å². The first-order valence-electron chi connectivity index (χ1n) is 5.38. The van der Waals surface area contributed by atoms with E-state index in [0.29, 0.717) is 24.5 Å². The lowest BCUT2D eigenvalue weighted by Crippen LogP contribution is -2.11. The summed E-state index contributed by atoms with van der Waals surface area (Å²) >= 11 is 0. The van der Waals surface area contributed by atoms with Crippen LogP contribution in [0.4, 0.5) is 0 Å². The smallest absolute Gasteiger partial charge is 0.303 e. The van der Waals surface area contributed by atoms with Crippen molar-refractivity contribution in [3.05, 3.63) is 24.3 Å². The lowest BCUT2D eigenvalue weighted by molar-refractivity contribution is -0.137. The quantitative estimate of drug-likeness (QED) is 0.559. The number of aliphatic carboxylic acids is 1. The third-order valence-corrected chi connectivity index (χ3v) is 1.94. The number of rotatable bonds is 7. The molecule has 1 rings (SSSR count). The summed E-state index contributed by atoms with van der Waals surface area (Å²) in [7, 11) is 0. The van der Waals surface area contributed by atoms with Gasteiger partial charge in [0.25, 0.3) is 0 Å². The summed E-state index contributed by atoms with van der Waals surface area (Å²) in [5.41, 5.74) is 0. The van der Waals surface area contributed by atoms with Gasteiger partial charge in [-0.3, -0.25) is 4.79 Å². The van der Waals surface area contributed by atoms with E-state index < -0.39 is 12.3 Å². The van der Waals surface area contributed by atoms with Crippen molar-refractivity contribution in [1.82, 2.24) is 0 Å². The summed E-state index contributed by atoms with van der Waals surface area (Å²) < 4.78 is 10.5. The summed E-state index contributed by atoms with van der Waals surface area (Å²) in [5.74, 6) is 0.0960. The van der Waals surface area contributed by atoms with Crippen molar-refractivity contribution >= 4 is 5.97 Å². The zero-order valence-corrected chi connectivity index (χ0v) is 9.63. The molecule has 0 radical (unpaired) electrons. The van der Waals surface area contributed by atoms with Gasteiger partial charge in [-0.15, -0.1) is 0 Å². The van der Waals surface area contributed by atoms with Crippen LogP contribution < -0.4 is 9.47 Å². The van der Waals surface area contributed by atoms with E-state index in [-0.39, 0.29) is 6.42 Å². The molecule has 0 aliphatic rings. The maximum Gasteiger partial charge on any atom is 0.303 e. The average Bonchev–Trinajstić information content (AvgIpc) is 2.25. The minimum absolute atomic E-state index is 0.0689. The van der Waals surface area contributed by atoms with Crippen LogP contribution in [0.5, 0.6) is 11.5 Å². The highest BCUT2D eigenvalue weighted by Crippen LogP contribution is 2.27. The molecule has 0 aliphatic carbocycles. The van der Waals surface area contributed by atoms with Crippen molar-refractivity contribution in [1.29, 1.82) is 0 Å². The Bertz CT molecular complexity index is 362. The van der Waals surface area contributed by atoms with Gasteiger partial charge in [0.15, 0.2) is 17.8 Å². The lowest BCUT2D eigenvalue weighted by Gasteiger charge is -2.13. The molecule has 2 N–H and O–H groups in total. The summed E-state index contributed by atoms with van der Waals surface area (Å²) in [5, 5.41) is 17.6. The van der Waals surface area contributed by atoms with Crippen molar-refractivity contribution in [2.45, 2.75) is 26.1 Å². The Labute approximate surface area is 99.6 Å². The minimum atomic E-state index is -0.918. The molecule has 1 unspecified atom stereocenters. The molecule has 0 heterocycles. The standard InChI is InChI=1S/C12H16O5/c1-9(13)17-11-6-3-2-5-10(11)16-8-4-7-12(14)15/h2-3,5-6,9,13H,4,7-8H2,1H3,(H,14,15). The number of aliphatic hydroxyl groups excluding tert-OH is 1. The third-order valence-electron chi connectivity index (χ3n) is 1.94. The Kier molecular flexibility index (Phi) is 5.29. The van der Waals surface area contributed by atoms with Crippen LogP contribution in [-0.2, 0) is 4.79 Å². The van der Waals surface area contributed by atoms with Crippen molar-refractivity contribution in [3.63, 3.8) is 0 Å². The lowest BCUT2D eigenvalue weighted by atomic mass is 10.3. The Morgan fingerprint density at radius 2 is 2.00 bits per heavy atom. The molecule has 0 amide bonds. The number of carboxylic acids is 1. The monoisotopic (exact) mass is 240 g/mol. The molecule has 0 aliphatic heterocycles. The highest BCUT2D eigenvalue weighted by Gasteiger charge is 2.06. The summed E-state index contributed by atoms with van der Waals surface area (Å²) in [6, 6.07) is 6.93. The number of ether oxygens (including phenoxy) is 2. The Morgan fingerprint density at radius 3 is 2.59 bits per heavy atom. The molecule has 5 nitrogen and oxygen atoms in total. The van der Waals surface area contributed by atoms with Gasteiger partial charge in [0, 0.05) is 6.42 Å². The number of aliphatic hydroxyl groups is 1. The van der Waals surface area contributed by atoms with E-state index in [4.69, 9.17) is 19.7 Å². The largest absolute Gasteiger partial charge is 0.490 e. The molecule has 17 heavy (non-hydrogen) atoms. The predicted molar refractivity (Wildman–Crippen MR) is 61.1 cm³/mol. The van der Waals surface area contributed by atoms with Gasteiger partial charge >= 0.3 is 5.97 Å². The Morgan fingerprint density at radius 1 is 1.35 bits per heavy atom. The second kappa shape index (κ2) is 6.75. The second-order valence-electron chi connectivity index (χ2n) is 3.51. The number of carboxylic acid groups (broad SMARTS) is 1. The van der Waals surface area contributed by atoms with E-state index in [9.17, 15) is 4.79 Å². The minimum Gasteiger partial charge on any atom is -0.490 e. The van der Waals surface area contributed by atoms with Gasteiger partial charge < -0.3 is 19.7 Å². The number of carbonyl (C=O) groups is 1. The van der Waals surface area contributed by atoms with E-state index in [1.165, 1.54) is 6.92 Å². The molecule has 1 aromatic carbocycles. The first-order chi connectivity index (χ1) is 8.09. The van der Waals surface area contributed by atoms with Crippen LogP contribution in [0.3, 0.4) is 0 Å². The fourth-order valence-electron chi connectivity index (χ4n) is 1.26. The SMILES string of the molecule is CC(O)Oc1ccccc1OCCCC(=O)O. The van der Waals surface area contributed by atoms with Crippen LogP contribution >= 0.6 is 0 Å². The zero-order valence-electron chi connectivity index (χ0n) is 9.63. The van der Waals surface area contributed by atoms with Gasteiger partial charge in [0.1, 0.15) is 0 Å². The topological polar surface area (TPSA) is 76.0 Å². The normalized spacial score (nSPS) is 11.9. The van der Waals surface area contributed by atoms with Gasteiger partial charge in [-0.05, 0) is 25.5 Å². The van der Waals surface area contributed by atoms with Gasteiger partial charge in [0.2, 0.25) is 0 Å². The molecular formula is C12H16O5. The van der Waals surface area contributed by atoms with Crippen molar-refractivity contribution in [2.24, 2.45) is 0 Å². The zero-order chi connectivity index (χ0) is 12.7. The Hall–Kier alpha value is -1.75. The summed E-state index contributed by atoms with van der Waals surface area (Å²) in [6.07, 6.45) is -0.420. The van der Waals surface area contributed by atoms with Gasteiger partial charge in [0.05, 0.1) is 6.61 Å². The molecule has 0 spiro atoms. The number of benzene rings is 1. The molecule has 0 saturated heterocycles. The average molecular weight is 240 g/mol. The Balaban J connectivity index is 2.49. The van der Waals surface area contributed by atoms with E-state index in [0.717, 1.165) is 0 Å². The van der Waals surface area contributed by atoms with E-state index in [2.05, 4.69) is 0 Å². The molecule has 94 valence electrons. The number of hydrogen-bond donors (Lipinski definition) is 2. The summed E-state index contributed by atoms with van der Waals surface area (Å²) in [6.45, 7) is 1.80. The molecule has 0 saturated carbocycles. The van der Waals surface area contributed by atoms with E-state index >= 15 is 0 Å².